The number of nitrogens with two attached hydrogens (primary N) is 1. The molecule has 0 saturated heterocycles. The Hall–Kier alpha value is -2.04. The normalized spacial score (nSPS) is 10.1. The molecule has 0 amide bonds. The van der Waals surface area contributed by atoms with Crippen LogP contribution in [0.3, 0.4) is 0 Å². The van der Waals surface area contributed by atoms with E-state index >= 15 is 0 Å². The third kappa shape index (κ3) is 2.46. The topological polar surface area (TPSA) is 66.0 Å². The van der Waals surface area contributed by atoms with E-state index in [4.69, 9.17) is 10.5 Å². The molecule has 0 fully saturated rings. The summed E-state index contributed by atoms with van der Waals surface area (Å²) < 4.78 is 7.36. The Bertz CT molecular complexity index is 413. The number of benzene rings is 1. The van der Waals surface area contributed by atoms with Crippen LogP contribution >= 0.6 is 0 Å². The summed E-state index contributed by atoms with van der Waals surface area (Å²) in [6.07, 6.45) is 3.30. The second-order valence-corrected chi connectivity index (χ2v) is 3.09. The lowest BCUT2D eigenvalue weighted by Gasteiger charge is -2.08. The van der Waals surface area contributed by atoms with E-state index in [1.54, 1.807) is 12.7 Å². The Morgan fingerprint density at radius 3 is 2.67 bits per heavy atom. The quantitative estimate of drug-likeness (QED) is 0.753. The Balaban J connectivity index is 1.86. The number of hydrogen-bond donors (Lipinski definition) is 1. The van der Waals surface area contributed by atoms with Crippen molar-refractivity contribution in [3.63, 3.8) is 0 Å². The predicted octanol–water partition coefficient (Wildman–Crippen LogP) is 0.939. The van der Waals surface area contributed by atoms with Gasteiger partial charge in [-0.1, -0.05) is 12.1 Å². The van der Waals surface area contributed by atoms with Crippen molar-refractivity contribution in [3.8, 4) is 5.75 Å². The van der Waals surface area contributed by atoms with Crippen LogP contribution in [0.25, 0.3) is 0 Å². The fraction of sp³-hybridized carbons (Fsp3) is 0.200. The number of nitrogens with zero attached hydrogens (tertiary/aromatic N) is 3. The number of hydrogen-bond acceptors (Lipinski definition) is 4. The molecule has 0 spiro atoms. The van der Waals surface area contributed by atoms with Crippen LogP contribution in [-0.4, -0.2) is 21.4 Å². The van der Waals surface area contributed by atoms with Gasteiger partial charge in [-0.3, -0.25) is 0 Å². The summed E-state index contributed by atoms with van der Waals surface area (Å²) in [5, 5.41) is 7.40. The summed E-state index contributed by atoms with van der Waals surface area (Å²) >= 11 is 0. The van der Waals surface area contributed by atoms with Crippen molar-refractivity contribution in [1.29, 1.82) is 0 Å². The van der Waals surface area contributed by atoms with Gasteiger partial charge in [0.2, 0.25) is 0 Å². The van der Waals surface area contributed by atoms with Gasteiger partial charge in [0.1, 0.15) is 25.0 Å². The van der Waals surface area contributed by atoms with Gasteiger partial charge >= 0.3 is 0 Å². The number of rotatable bonds is 4. The molecule has 0 aliphatic heterocycles. The molecule has 0 atom stereocenters. The number of para-hydroxylation sites is 2. The largest absolute Gasteiger partial charge is 0.490 e. The SMILES string of the molecule is Nc1ccccc1OCCn1cnnc1. The lowest BCUT2D eigenvalue weighted by molar-refractivity contribution is 0.299. The molecule has 0 unspecified atom stereocenters. The van der Waals surface area contributed by atoms with Gasteiger partial charge in [0.15, 0.2) is 0 Å². The summed E-state index contributed by atoms with van der Waals surface area (Å²) in [4.78, 5) is 0. The standard InChI is InChI=1S/C10H12N4O/c11-9-3-1-2-4-10(9)15-6-5-14-7-12-13-8-14/h1-4,7-8H,5-6,11H2. The van der Waals surface area contributed by atoms with Gasteiger partial charge in [-0.25, -0.2) is 0 Å². The minimum absolute atomic E-state index is 0.548. The molecule has 2 N–H and O–H groups in total. The fourth-order valence-corrected chi connectivity index (χ4v) is 1.21. The van der Waals surface area contributed by atoms with E-state index in [2.05, 4.69) is 10.2 Å². The molecule has 1 aromatic heterocycles. The first kappa shape index (κ1) is 9.51. The van der Waals surface area contributed by atoms with Gasteiger partial charge in [-0.2, -0.15) is 0 Å². The van der Waals surface area contributed by atoms with Crippen molar-refractivity contribution in [2.45, 2.75) is 6.54 Å². The molecular formula is C10H12N4O. The zero-order valence-corrected chi connectivity index (χ0v) is 8.21. The molecule has 15 heavy (non-hydrogen) atoms. The first-order valence-electron chi connectivity index (χ1n) is 4.66. The molecule has 78 valence electrons. The smallest absolute Gasteiger partial charge is 0.142 e. The third-order valence-corrected chi connectivity index (χ3v) is 1.99. The summed E-state index contributed by atoms with van der Waals surface area (Å²) in [6, 6.07) is 7.43. The van der Waals surface area contributed by atoms with E-state index in [0.717, 1.165) is 0 Å². The molecule has 1 heterocycles. The highest BCUT2D eigenvalue weighted by Gasteiger charge is 1.98. The van der Waals surface area contributed by atoms with Gasteiger partial charge in [0, 0.05) is 0 Å². The first-order chi connectivity index (χ1) is 7.36. The lowest BCUT2D eigenvalue weighted by atomic mass is 10.3. The Morgan fingerprint density at radius 1 is 1.20 bits per heavy atom. The van der Waals surface area contributed by atoms with E-state index in [-0.39, 0.29) is 0 Å². The Labute approximate surface area is 87.5 Å². The van der Waals surface area contributed by atoms with Crippen molar-refractivity contribution < 1.29 is 4.74 Å². The van der Waals surface area contributed by atoms with Crippen LogP contribution in [-0.2, 0) is 6.54 Å². The summed E-state index contributed by atoms with van der Waals surface area (Å²) in [5.41, 5.74) is 6.38. The number of aromatic nitrogens is 3. The number of anilines is 1. The average Bonchev–Trinajstić information content (AvgIpc) is 2.74. The molecule has 2 aromatic rings. The van der Waals surface area contributed by atoms with Crippen LogP contribution in [0.4, 0.5) is 5.69 Å². The van der Waals surface area contributed by atoms with Gasteiger partial charge in [-0.15, -0.1) is 10.2 Å². The molecule has 2 rings (SSSR count). The maximum absolute atomic E-state index is 5.72. The van der Waals surface area contributed by atoms with Crippen molar-refractivity contribution in [2.24, 2.45) is 0 Å². The van der Waals surface area contributed by atoms with Crippen molar-refractivity contribution >= 4 is 5.69 Å². The molecule has 0 aliphatic carbocycles. The van der Waals surface area contributed by atoms with Crippen LogP contribution in [0.1, 0.15) is 0 Å². The van der Waals surface area contributed by atoms with E-state index in [9.17, 15) is 0 Å². The van der Waals surface area contributed by atoms with Crippen LogP contribution in [0.5, 0.6) is 5.75 Å². The number of nitrogen functional groups attached to an aromatic ring is 1. The third-order valence-electron chi connectivity index (χ3n) is 1.99. The highest BCUT2D eigenvalue weighted by molar-refractivity contribution is 5.51. The summed E-state index contributed by atoms with van der Waals surface area (Å²) in [6.45, 7) is 1.26. The predicted molar refractivity (Wildman–Crippen MR) is 56.4 cm³/mol. The molecule has 0 aliphatic rings. The van der Waals surface area contributed by atoms with Gasteiger partial charge < -0.3 is 15.0 Å². The monoisotopic (exact) mass is 204 g/mol. The minimum atomic E-state index is 0.548. The molecule has 5 nitrogen and oxygen atoms in total. The van der Waals surface area contributed by atoms with E-state index in [1.807, 2.05) is 28.8 Å². The highest BCUT2D eigenvalue weighted by Crippen LogP contribution is 2.19. The second kappa shape index (κ2) is 4.45. The van der Waals surface area contributed by atoms with Crippen molar-refractivity contribution in [1.82, 2.24) is 14.8 Å². The minimum Gasteiger partial charge on any atom is -0.490 e. The Morgan fingerprint density at radius 2 is 1.93 bits per heavy atom. The van der Waals surface area contributed by atoms with Gasteiger partial charge in [-0.05, 0) is 12.1 Å². The molecule has 1 aromatic carbocycles. The van der Waals surface area contributed by atoms with Crippen LogP contribution < -0.4 is 10.5 Å². The van der Waals surface area contributed by atoms with E-state index in [1.165, 1.54) is 0 Å². The molecule has 0 bridgehead atoms. The van der Waals surface area contributed by atoms with Crippen molar-refractivity contribution in [3.05, 3.63) is 36.9 Å². The highest BCUT2D eigenvalue weighted by atomic mass is 16.5. The van der Waals surface area contributed by atoms with Crippen molar-refractivity contribution in [2.75, 3.05) is 12.3 Å². The summed E-state index contributed by atoms with van der Waals surface area (Å²) in [5.74, 6) is 0.713. The molecule has 0 saturated carbocycles. The van der Waals surface area contributed by atoms with Gasteiger partial charge in [0.25, 0.3) is 0 Å². The van der Waals surface area contributed by atoms with Crippen LogP contribution in [0.2, 0.25) is 0 Å². The van der Waals surface area contributed by atoms with Crippen LogP contribution in [0, 0.1) is 0 Å². The number of ether oxygens (including phenoxy) is 1. The van der Waals surface area contributed by atoms with E-state index < -0.39 is 0 Å². The fourth-order valence-electron chi connectivity index (χ4n) is 1.21. The maximum Gasteiger partial charge on any atom is 0.142 e. The average molecular weight is 204 g/mol. The lowest BCUT2D eigenvalue weighted by Crippen LogP contribution is -2.07. The zero-order valence-electron chi connectivity index (χ0n) is 8.21. The molecule has 0 radical (unpaired) electrons. The molecular weight excluding hydrogens is 192 g/mol. The van der Waals surface area contributed by atoms with Gasteiger partial charge in [0.05, 0.1) is 12.2 Å². The summed E-state index contributed by atoms with van der Waals surface area (Å²) in [7, 11) is 0. The Kier molecular flexibility index (Phi) is 2.82. The van der Waals surface area contributed by atoms with E-state index in [0.29, 0.717) is 24.6 Å². The zero-order chi connectivity index (χ0) is 10.5. The first-order valence-corrected chi connectivity index (χ1v) is 4.66. The molecule has 5 heteroatoms. The maximum atomic E-state index is 5.72. The second-order valence-electron chi connectivity index (χ2n) is 3.09. The van der Waals surface area contributed by atoms with Crippen LogP contribution in [0.15, 0.2) is 36.9 Å².